The molecule has 0 aliphatic heterocycles. The molecule has 0 saturated heterocycles. The first-order chi connectivity index (χ1) is 11.2. The van der Waals surface area contributed by atoms with Gasteiger partial charge in [-0.1, -0.05) is 12.1 Å². The summed E-state index contributed by atoms with van der Waals surface area (Å²) in [6, 6.07) is 7.11. The van der Waals surface area contributed by atoms with E-state index in [9.17, 15) is 18.0 Å². The minimum absolute atomic E-state index is 0.457. The molecular weight excluding hydrogens is 323 g/mol. The molecule has 5 nitrogen and oxygen atoms in total. The number of hydrogen-bond acceptors (Lipinski definition) is 3. The lowest BCUT2D eigenvalue weighted by atomic mass is 10.2. The fraction of sp³-hybridized carbons (Fsp3) is 0.500. The molecular formula is C16H20F3N3O2. The summed E-state index contributed by atoms with van der Waals surface area (Å²) >= 11 is 0. The molecule has 0 bridgehead atoms. The van der Waals surface area contributed by atoms with Crippen LogP contribution in [0, 0.1) is 0 Å². The van der Waals surface area contributed by atoms with Gasteiger partial charge >= 0.3 is 6.18 Å². The summed E-state index contributed by atoms with van der Waals surface area (Å²) in [6.07, 6.45) is -5.66. The van der Waals surface area contributed by atoms with Gasteiger partial charge in [0.2, 0.25) is 5.91 Å². The van der Waals surface area contributed by atoms with Crippen LogP contribution in [0.15, 0.2) is 24.3 Å². The number of imidazole rings is 1. The molecule has 0 radical (unpaired) electrons. The molecule has 1 heterocycles. The van der Waals surface area contributed by atoms with Gasteiger partial charge in [0.15, 0.2) is 0 Å². The Morgan fingerprint density at radius 3 is 2.62 bits per heavy atom. The van der Waals surface area contributed by atoms with E-state index in [0.717, 1.165) is 11.0 Å². The number of carbonyl (C=O) groups is 1. The second kappa shape index (κ2) is 7.21. The topological polar surface area (TPSA) is 56.2 Å². The number of alkyl halides is 3. The number of para-hydroxylation sites is 2. The van der Waals surface area contributed by atoms with E-state index in [-0.39, 0.29) is 0 Å². The molecule has 1 aromatic carbocycles. The number of amides is 1. The van der Waals surface area contributed by atoms with Crippen molar-refractivity contribution in [2.24, 2.45) is 0 Å². The van der Waals surface area contributed by atoms with E-state index in [2.05, 4.69) is 15.0 Å². The maximum Gasteiger partial charge on any atom is 0.411 e. The molecule has 0 saturated carbocycles. The summed E-state index contributed by atoms with van der Waals surface area (Å²) in [5.74, 6) is 0.0385. The summed E-state index contributed by atoms with van der Waals surface area (Å²) in [5, 5.41) is 2.65. The highest BCUT2D eigenvalue weighted by molar-refractivity contribution is 5.81. The number of halogens is 3. The summed E-state index contributed by atoms with van der Waals surface area (Å²) in [5.41, 5.74) is 1.74. The first-order valence-electron chi connectivity index (χ1n) is 7.66. The van der Waals surface area contributed by atoms with Crippen molar-refractivity contribution in [3.8, 4) is 0 Å². The Bertz CT molecular complexity index is 712. The van der Waals surface area contributed by atoms with Gasteiger partial charge in [0.05, 0.1) is 17.1 Å². The average Bonchev–Trinajstić information content (AvgIpc) is 2.90. The molecule has 1 amide bonds. The van der Waals surface area contributed by atoms with E-state index < -0.39 is 30.8 Å². The third-order valence-electron chi connectivity index (χ3n) is 3.61. The van der Waals surface area contributed by atoms with Crippen LogP contribution < -0.4 is 5.32 Å². The number of carbonyl (C=O) groups excluding carboxylic acids is 1. The summed E-state index contributed by atoms with van der Waals surface area (Å²) in [7, 11) is 0. The number of hydrogen-bond donors (Lipinski definition) is 1. The Kier molecular flexibility index (Phi) is 5.48. The van der Waals surface area contributed by atoms with Crippen LogP contribution in [0.1, 0.15) is 32.6 Å². The lowest BCUT2D eigenvalue weighted by molar-refractivity contribution is -0.185. The number of benzene rings is 1. The highest BCUT2D eigenvalue weighted by atomic mass is 19.4. The Morgan fingerprint density at radius 1 is 1.33 bits per heavy atom. The summed E-state index contributed by atoms with van der Waals surface area (Å²) in [4.78, 5) is 16.5. The fourth-order valence-electron chi connectivity index (χ4n) is 2.45. The van der Waals surface area contributed by atoms with Crippen LogP contribution in [0.3, 0.4) is 0 Å². The number of ether oxygens (including phenoxy) is 1. The van der Waals surface area contributed by atoms with Crippen molar-refractivity contribution in [3.05, 3.63) is 30.1 Å². The minimum atomic E-state index is -4.46. The number of aromatic nitrogens is 2. The first kappa shape index (κ1) is 18.3. The molecule has 1 N–H and O–H groups in total. The number of nitrogens with zero attached hydrogens (tertiary/aromatic N) is 2. The monoisotopic (exact) mass is 343 g/mol. The first-order valence-corrected chi connectivity index (χ1v) is 7.66. The molecule has 0 spiro atoms. The van der Waals surface area contributed by atoms with Gasteiger partial charge < -0.3 is 14.6 Å². The third-order valence-corrected chi connectivity index (χ3v) is 3.61. The van der Waals surface area contributed by atoms with Crippen molar-refractivity contribution in [1.29, 1.82) is 0 Å². The standard InChI is InChI=1S/C16H20F3N3O2/c1-4-22-13-8-6-5-7-12(13)21-14(22)10(2)20-15(23)11(3)24-9-16(17,18)19/h5-8,10-11H,4,9H2,1-3H3,(H,20,23). The van der Waals surface area contributed by atoms with Crippen LogP contribution in [0.2, 0.25) is 0 Å². The SMILES string of the molecule is CCn1c(C(C)NC(=O)C(C)OCC(F)(F)F)nc2ccccc21. The smallest absolute Gasteiger partial charge is 0.359 e. The number of aryl methyl sites for hydroxylation is 1. The van der Waals surface area contributed by atoms with Crippen LogP contribution in [0.25, 0.3) is 11.0 Å². The highest BCUT2D eigenvalue weighted by Crippen LogP contribution is 2.21. The molecule has 24 heavy (non-hydrogen) atoms. The van der Waals surface area contributed by atoms with Gasteiger partial charge in [-0.2, -0.15) is 13.2 Å². The van der Waals surface area contributed by atoms with Gasteiger partial charge in [0, 0.05) is 6.54 Å². The Labute approximate surface area is 137 Å². The minimum Gasteiger partial charge on any atom is -0.359 e. The Morgan fingerprint density at radius 2 is 2.00 bits per heavy atom. The molecule has 132 valence electrons. The van der Waals surface area contributed by atoms with E-state index in [0.29, 0.717) is 12.4 Å². The maximum absolute atomic E-state index is 12.2. The predicted molar refractivity (Wildman–Crippen MR) is 83.4 cm³/mol. The summed E-state index contributed by atoms with van der Waals surface area (Å²) < 4.78 is 43.0. The molecule has 2 atom stereocenters. The van der Waals surface area contributed by atoms with E-state index in [4.69, 9.17) is 0 Å². The number of nitrogens with one attached hydrogen (secondary N) is 1. The van der Waals surface area contributed by atoms with Crippen molar-refractivity contribution < 1.29 is 22.7 Å². The van der Waals surface area contributed by atoms with Crippen LogP contribution in [0.5, 0.6) is 0 Å². The molecule has 2 aromatic rings. The normalized spacial score (nSPS) is 14.6. The zero-order valence-electron chi connectivity index (χ0n) is 13.7. The van der Waals surface area contributed by atoms with Crippen LogP contribution >= 0.6 is 0 Å². The Hall–Kier alpha value is -2.09. The lowest BCUT2D eigenvalue weighted by Gasteiger charge is -2.19. The van der Waals surface area contributed by atoms with E-state index in [1.165, 1.54) is 6.92 Å². The summed E-state index contributed by atoms with van der Waals surface area (Å²) in [6.45, 7) is 4.19. The molecule has 8 heteroatoms. The maximum atomic E-state index is 12.2. The lowest BCUT2D eigenvalue weighted by Crippen LogP contribution is -2.38. The van der Waals surface area contributed by atoms with Crippen molar-refractivity contribution in [1.82, 2.24) is 14.9 Å². The number of rotatable bonds is 6. The van der Waals surface area contributed by atoms with Gasteiger partial charge in [-0.3, -0.25) is 4.79 Å². The van der Waals surface area contributed by atoms with Gasteiger partial charge in [-0.05, 0) is 32.9 Å². The molecule has 0 aliphatic carbocycles. The van der Waals surface area contributed by atoms with Gasteiger partial charge in [-0.25, -0.2) is 4.98 Å². The molecule has 2 unspecified atom stereocenters. The molecule has 0 fully saturated rings. The van der Waals surface area contributed by atoms with Crippen molar-refractivity contribution in [2.75, 3.05) is 6.61 Å². The second-order valence-corrected chi connectivity index (χ2v) is 5.50. The number of fused-ring (bicyclic) bond motifs is 1. The second-order valence-electron chi connectivity index (χ2n) is 5.50. The quantitative estimate of drug-likeness (QED) is 0.876. The predicted octanol–water partition coefficient (Wildman–Crippen LogP) is 3.20. The van der Waals surface area contributed by atoms with Crippen LogP contribution in [0.4, 0.5) is 13.2 Å². The van der Waals surface area contributed by atoms with E-state index in [1.54, 1.807) is 6.92 Å². The van der Waals surface area contributed by atoms with Gasteiger partial charge in [0.25, 0.3) is 0 Å². The zero-order chi connectivity index (χ0) is 17.9. The van der Waals surface area contributed by atoms with Crippen molar-refractivity contribution >= 4 is 16.9 Å². The van der Waals surface area contributed by atoms with E-state index >= 15 is 0 Å². The van der Waals surface area contributed by atoms with Crippen LogP contribution in [-0.4, -0.2) is 34.3 Å². The molecule has 1 aromatic heterocycles. The van der Waals surface area contributed by atoms with E-state index in [1.807, 2.05) is 35.8 Å². The Balaban J connectivity index is 2.09. The van der Waals surface area contributed by atoms with Gasteiger partial charge in [-0.15, -0.1) is 0 Å². The fourth-order valence-corrected chi connectivity index (χ4v) is 2.45. The largest absolute Gasteiger partial charge is 0.411 e. The molecule has 0 aliphatic rings. The van der Waals surface area contributed by atoms with Crippen molar-refractivity contribution in [2.45, 2.75) is 45.6 Å². The van der Waals surface area contributed by atoms with Crippen molar-refractivity contribution in [3.63, 3.8) is 0 Å². The third kappa shape index (κ3) is 4.25. The average molecular weight is 343 g/mol. The van der Waals surface area contributed by atoms with Gasteiger partial charge in [0.1, 0.15) is 18.5 Å². The molecule has 2 rings (SSSR count). The van der Waals surface area contributed by atoms with Crippen LogP contribution in [-0.2, 0) is 16.1 Å². The highest BCUT2D eigenvalue weighted by Gasteiger charge is 2.30. The zero-order valence-corrected chi connectivity index (χ0v) is 13.7.